The molecule has 1 heterocycles. The molecule has 0 aliphatic heterocycles. The van der Waals surface area contributed by atoms with Crippen LogP contribution in [-0.4, -0.2) is 24.9 Å². The molecule has 0 atom stereocenters. The predicted octanol–water partition coefficient (Wildman–Crippen LogP) is 4.00. The molecular weight excluding hydrogens is 298 g/mol. The Kier molecular flexibility index (Phi) is 5.77. The maximum absolute atomic E-state index is 5.63. The van der Waals surface area contributed by atoms with Crippen LogP contribution in [0.3, 0.4) is 0 Å². The highest BCUT2D eigenvalue weighted by Gasteiger charge is 2.05. The first-order valence-corrected chi connectivity index (χ1v) is 7.99. The highest BCUT2D eigenvalue weighted by atomic mass is 32.1. The van der Waals surface area contributed by atoms with Crippen LogP contribution in [0.15, 0.2) is 23.3 Å². The van der Waals surface area contributed by atoms with Crippen LogP contribution in [0.25, 0.3) is 0 Å². The summed E-state index contributed by atoms with van der Waals surface area (Å²) in [6.07, 6.45) is 2.70. The number of benzene rings is 1. The molecule has 5 nitrogen and oxygen atoms in total. The summed E-state index contributed by atoms with van der Waals surface area (Å²) in [6, 6.07) is 5.74. The normalized spacial score (nSPS) is 10.9. The number of nitrogens with one attached hydrogen (secondary N) is 1. The largest absolute Gasteiger partial charge is 0.493 e. The van der Waals surface area contributed by atoms with E-state index in [2.05, 4.69) is 22.4 Å². The van der Waals surface area contributed by atoms with Crippen LogP contribution < -0.4 is 14.9 Å². The van der Waals surface area contributed by atoms with Crippen molar-refractivity contribution in [2.75, 3.05) is 19.1 Å². The summed E-state index contributed by atoms with van der Waals surface area (Å²) in [6.45, 7) is 6.78. The van der Waals surface area contributed by atoms with Crippen molar-refractivity contribution < 1.29 is 9.47 Å². The van der Waals surface area contributed by atoms with Gasteiger partial charge in [-0.15, -0.1) is 11.3 Å². The van der Waals surface area contributed by atoms with Crippen molar-refractivity contribution >= 4 is 22.7 Å². The standard InChI is InChI=1S/C16H21N3O2S/c1-5-8-21-14-7-6-13(9-15(14)20-4)10-17-19-16-18-11(2)12(3)22-16/h6-7,9-10H,5,8H2,1-4H3,(H,18,19)/b17-10-. The quantitative estimate of drug-likeness (QED) is 0.619. The second-order valence-corrected chi connectivity index (χ2v) is 5.99. The molecule has 0 fully saturated rings. The molecule has 6 heteroatoms. The lowest BCUT2D eigenvalue weighted by Gasteiger charge is -2.10. The Morgan fingerprint density at radius 2 is 2.14 bits per heavy atom. The zero-order valence-corrected chi connectivity index (χ0v) is 14.2. The van der Waals surface area contributed by atoms with Crippen molar-refractivity contribution in [2.45, 2.75) is 27.2 Å². The number of thiazole rings is 1. The first-order chi connectivity index (χ1) is 10.6. The van der Waals surface area contributed by atoms with Crippen LogP contribution >= 0.6 is 11.3 Å². The molecule has 1 aromatic carbocycles. The van der Waals surface area contributed by atoms with Crippen molar-refractivity contribution in [3.05, 3.63) is 34.3 Å². The van der Waals surface area contributed by atoms with E-state index in [-0.39, 0.29) is 0 Å². The summed E-state index contributed by atoms with van der Waals surface area (Å²) >= 11 is 1.59. The molecule has 0 aliphatic carbocycles. The molecule has 2 aromatic rings. The molecule has 0 amide bonds. The Hall–Kier alpha value is -2.08. The first-order valence-electron chi connectivity index (χ1n) is 7.18. The third-order valence-corrected chi connectivity index (χ3v) is 4.03. The van der Waals surface area contributed by atoms with E-state index in [1.807, 2.05) is 32.0 Å². The zero-order chi connectivity index (χ0) is 15.9. The van der Waals surface area contributed by atoms with Crippen molar-refractivity contribution in [3.63, 3.8) is 0 Å². The van der Waals surface area contributed by atoms with E-state index in [1.54, 1.807) is 24.7 Å². The summed E-state index contributed by atoms with van der Waals surface area (Å²) in [5.41, 5.74) is 4.90. The van der Waals surface area contributed by atoms with Gasteiger partial charge < -0.3 is 9.47 Å². The molecule has 22 heavy (non-hydrogen) atoms. The fraction of sp³-hybridized carbons (Fsp3) is 0.375. The number of nitrogens with zero attached hydrogens (tertiary/aromatic N) is 2. The van der Waals surface area contributed by atoms with E-state index in [4.69, 9.17) is 9.47 Å². The topological polar surface area (TPSA) is 55.7 Å². The minimum atomic E-state index is 0.675. The first kappa shape index (κ1) is 16.3. The lowest BCUT2D eigenvalue weighted by atomic mass is 10.2. The number of hydrogen-bond donors (Lipinski definition) is 1. The van der Waals surface area contributed by atoms with Crippen LogP contribution in [0, 0.1) is 13.8 Å². The Balaban J connectivity index is 2.04. The van der Waals surface area contributed by atoms with E-state index in [9.17, 15) is 0 Å². The van der Waals surface area contributed by atoms with E-state index >= 15 is 0 Å². The van der Waals surface area contributed by atoms with Crippen LogP contribution in [0.1, 0.15) is 29.5 Å². The van der Waals surface area contributed by atoms with Gasteiger partial charge in [-0.05, 0) is 44.0 Å². The SMILES string of the molecule is CCCOc1ccc(/C=N\Nc2nc(C)c(C)s2)cc1OC. The molecule has 1 N–H and O–H groups in total. The van der Waals surface area contributed by atoms with E-state index in [1.165, 1.54) is 4.88 Å². The summed E-state index contributed by atoms with van der Waals surface area (Å²) in [5, 5.41) is 5.00. The number of hydrogen-bond acceptors (Lipinski definition) is 6. The summed E-state index contributed by atoms with van der Waals surface area (Å²) < 4.78 is 11.0. The summed E-state index contributed by atoms with van der Waals surface area (Å²) in [7, 11) is 1.63. The second kappa shape index (κ2) is 7.79. The van der Waals surface area contributed by atoms with Crippen molar-refractivity contribution in [2.24, 2.45) is 5.10 Å². The Labute approximate surface area is 135 Å². The minimum Gasteiger partial charge on any atom is -0.493 e. The van der Waals surface area contributed by atoms with Gasteiger partial charge in [0.05, 0.1) is 25.6 Å². The fourth-order valence-corrected chi connectivity index (χ4v) is 2.54. The van der Waals surface area contributed by atoms with Crippen molar-refractivity contribution in [1.29, 1.82) is 0 Å². The number of ether oxygens (including phenoxy) is 2. The highest BCUT2D eigenvalue weighted by molar-refractivity contribution is 7.15. The Morgan fingerprint density at radius 1 is 1.32 bits per heavy atom. The van der Waals surface area contributed by atoms with Gasteiger partial charge in [-0.3, -0.25) is 5.43 Å². The van der Waals surface area contributed by atoms with Gasteiger partial charge in [0.25, 0.3) is 0 Å². The van der Waals surface area contributed by atoms with Crippen LogP contribution in [0.4, 0.5) is 5.13 Å². The van der Waals surface area contributed by atoms with Gasteiger partial charge in [-0.2, -0.15) is 5.10 Å². The van der Waals surface area contributed by atoms with Gasteiger partial charge in [0.15, 0.2) is 11.5 Å². The minimum absolute atomic E-state index is 0.675. The molecule has 0 radical (unpaired) electrons. The molecule has 0 unspecified atom stereocenters. The van der Waals surface area contributed by atoms with E-state index in [0.29, 0.717) is 12.4 Å². The lowest BCUT2D eigenvalue weighted by Crippen LogP contribution is -1.98. The average Bonchev–Trinajstić information content (AvgIpc) is 2.84. The fourth-order valence-electron chi connectivity index (χ4n) is 1.78. The molecule has 1 aromatic heterocycles. The molecule has 118 valence electrons. The van der Waals surface area contributed by atoms with Gasteiger partial charge in [-0.1, -0.05) is 6.92 Å². The molecule has 0 aliphatic rings. The number of rotatable bonds is 7. The van der Waals surface area contributed by atoms with Gasteiger partial charge in [0.1, 0.15) is 0 Å². The molecule has 0 saturated heterocycles. The van der Waals surface area contributed by atoms with E-state index < -0.39 is 0 Å². The summed E-state index contributed by atoms with van der Waals surface area (Å²) in [4.78, 5) is 5.56. The number of hydrazone groups is 1. The van der Waals surface area contributed by atoms with Gasteiger partial charge in [0.2, 0.25) is 5.13 Å². The Morgan fingerprint density at radius 3 is 2.77 bits per heavy atom. The molecular formula is C16H21N3O2S. The van der Waals surface area contributed by atoms with Crippen molar-refractivity contribution in [3.8, 4) is 11.5 Å². The highest BCUT2D eigenvalue weighted by Crippen LogP contribution is 2.27. The Bertz CT molecular complexity index is 633. The lowest BCUT2D eigenvalue weighted by molar-refractivity contribution is 0.294. The predicted molar refractivity (Wildman–Crippen MR) is 91.6 cm³/mol. The van der Waals surface area contributed by atoms with Gasteiger partial charge in [0, 0.05) is 4.88 Å². The van der Waals surface area contributed by atoms with Gasteiger partial charge >= 0.3 is 0 Å². The number of methoxy groups -OCH3 is 1. The molecule has 0 spiro atoms. The van der Waals surface area contributed by atoms with Crippen LogP contribution in [-0.2, 0) is 0 Å². The molecule has 0 bridgehead atoms. The summed E-state index contributed by atoms with van der Waals surface area (Å²) in [5.74, 6) is 1.46. The monoisotopic (exact) mass is 319 g/mol. The second-order valence-electron chi connectivity index (χ2n) is 4.79. The van der Waals surface area contributed by atoms with Crippen molar-refractivity contribution in [1.82, 2.24) is 4.98 Å². The van der Waals surface area contributed by atoms with Crippen LogP contribution in [0.5, 0.6) is 11.5 Å². The number of aryl methyl sites for hydroxylation is 2. The number of anilines is 1. The maximum Gasteiger partial charge on any atom is 0.203 e. The number of aromatic nitrogens is 1. The van der Waals surface area contributed by atoms with Gasteiger partial charge in [-0.25, -0.2) is 4.98 Å². The average molecular weight is 319 g/mol. The molecule has 0 saturated carbocycles. The zero-order valence-electron chi connectivity index (χ0n) is 13.3. The van der Waals surface area contributed by atoms with Crippen LogP contribution in [0.2, 0.25) is 0 Å². The smallest absolute Gasteiger partial charge is 0.203 e. The third kappa shape index (κ3) is 4.21. The third-order valence-electron chi connectivity index (χ3n) is 3.05. The van der Waals surface area contributed by atoms with E-state index in [0.717, 1.165) is 28.6 Å². The maximum atomic E-state index is 5.63. The molecule has 2 rings (SSSR count).